The molecule has 0 saturated carbocycles. The smallest absolute Gasteiger partial charge is 0.106 e. The van der Waals surface area contributed by atoms with Crippen LogP contribution in [0.3, 0.4) is 0 Å². The van der Waals surface area contributed by atoms with Crippen LogP contribution in [0, 0.1) is 6.92 Å². The molecule has 17 heavy (non-hydrogen) atoms. The van der Waals surface area contributed by atoms with Gasteiger partial charge in [0, 0.05) is 25.3 Å². The van der Waals surface area contributed by atoms with E-state index < -0.39 is 0 Å². The lowest BCUT2D eigenvalue weighted by Gasteiger charge is -2.17. The monoisotopic (exact) mass is 229 g/mol. The normalized spacial score (nSPS) is 16.0. The Morgan fingerprint density at radius 1 is 1.24 bits per heavy atom. The molecule has 1 fully saturated rings. The van der Waals surface area contributed by atoms with Crippen LogP contribution in [-0.2, 0) is 6.54 Å². The third kappa shape index (κ3) is 1.70. The number of aryl methyl sites for hydroxylation is 2. The first-order valence-electron chi connectivity index (χ1n) is 6.51. The van der Waals surface area contributed by atoms with Crippen molar-refractivity contribution in [1.82, 2.24) is 9.55 Å². The fraction of sp³-hybridized carbons (Fsp3) is 0.500. The fourth-order valence-corrected chi connectivity index (χ4v) is 2.81. The number of nitrogens with zero attached hydrogens (tertiary/aromatic N) is 3. The van der Waals surface area contributed by atoms with E-state index in [0.29, 0.717) is 0 Å². The van der Waals surface area contributed by atoms with Crippen LogP contribution in [0.2, 0.25) is 0 Å². The van der Waals surface area contributed by atoms with Crippen LogP contribution in [0.4, 0.5) is 5.69 Å². The van der Waals surface area contributed by atoms with Gasteiger partial charge < -0.3 is 9.47 Å². The third-order valence-corrected chi connectivity index (χ3v) is 3.71. The maximum absolute atomic E-state index is 4.65. The van der Waals surface area contributed by atoms with Crippen molar-refractivity contribution < 1.29 is 0 Å². The second kappa shape index (κ2) is 4.06. The Morgan fingerprint density at radius 2 is 2.00 bits per heavy atom. The molecule has 3 rings (SSSR count). The van der Waals surface area contributed by atoms with E-state index in [1.54, 1.807) is 0 Å². The van der Waals surface area contributed by atoms with Crippen LogP contribution >= 0.6 is 0 Å². The summed E-state index contributed by atoms with van der Waals surface area (Å²) in [6.45, 7) is 7.63. The highest BCUT2D eigenvalue weighted by molar-refractivity contribution is 5.80. The second-order valence-electron chi connectivity index (χ2n) is 4.77. The molecule has 0 amide bonds. The molecule has 90 valence electrons. The molecule has 1 aromatic heterocycles. The molecule has 1 aliphatic rings. The molecular formula is C14H19N3. The van der Waals surface area contributed by atoms with E-state index in [4.69, 9.17) is 0 Å². The summed E-state index contributed by atoms with van der Waals surface area (Å²) in [5.41, 5.74) is 3.72. The number of anilines is 1. The van der Waals surface area contributed by atoms with E-state index >= 15 is 0 Å². The van der Waals surface area contributed by atoms with Crippen molar-refractivity contribution in [3.8, 4) is 0 Å². The van der Waals surface area contributed by atoms with E-state index in [0.717, 1.165) is 17.9 Å². The maximum atomic E-state index is 4.65. The van der Waals surface area contributed by atoms with Crippen molar-refractivity contribution in [2.75, 3.05) is 18.0 Å². The molecule has 1 aliphatic heterocycles. The standard InChI is InChI=1S/C14H19N3/c1-3-17-11(2)15-13-10-12(6-7-14(13)17)16-8-4-5-9-16/h6-7,10H,3-5,8-9H2,1-2H3. The fourth-order valence-electron chi connectivity index (χ4n) is 2.81. The Kier molecular flexibility index (Phi) is 2.54. The summed E-state index contributed by atoms with van der Waals surface area (Å²) in [6.07, 6.45) is 2.64. The summed E-state index contributed by atoms with van der Waals surface area (Å²) in [7, 11) is 0. The van der Waals surface area contributed by atoms with Crippen molar-refractivity contribution >= 4 is 16.7 Å². The zero-order valence-corrected chi connectivity index (χ0v) is 10.6. The molecule has 0 aliphatic carbocycles. The van der Waals surface area contributed by atoms with Gasteiger partial charge in [0.1, 0.15) is 5.82 Å². The van der Waals surface area contributed by atoms with Gasteiger partial charge in [0.05, 0.1) is 11.0 Å². The van der Waals surface area contributed by atoms with Crippen LogP contribution in [0.25, 0.3) is 11.0 Å². The van der Waals surface area contributed by atoms with Gasteiger partial charge in [-0.3, -0.25) is 0 Å². The summed E-state index contributed by atoms with van der Waals surface area (Å²) < 4.78 is 2.27. The highest BCUT2D eigenvalue weighted by atomic mass is 15.1. The molecule has 3 heteroatoms. The first-order valence-corrected chi connectivity index (χ1v) is 6.51. The van der Waals surface area contributed by atoms with E-state index in [2.05, 4.69) is 46.5 Å². The molecular weight excluding hydrogens is 210 g/mol. The van der Waals surface area contributed by atoms with E-state index in [1.807, 2.05) is 0 Å². The number of benzene rings is 1. The number of hydrogen-bond acceptors (Lipinski definition) is 2. The first kappa shape index (κ1) is 10.6. The largest absolute Gasteiger partial charge is 0.371 e. The van der Waals surface area contributed by atoms with Crippen LogP contribution in [0.15, 0.2) is 18.2 Å². The predicted molar refractivity (Wildman–Crippen MR) is 71.6 cm³/mol. The predicted octanol–water partition coefficient (Wildman–Crippen LogP) is 2.96. The highest BCUT2D eigenvalue weighted by Crippen LogP contribution is 2.25. The minimum absolute atomic E-state index is 0.991. The van der Waals surface area contributed by atoms with Crippen molar-refractivity contribution in [2.45, 2.75) is 33.2 Å². The van der Waals surface area contributed by atoms with E-state index in [-0.39, 0.29) is 0 Å². The quantitative estimate of drug-likeness (QED) is 0.789. The number of imidazole rings is 1. The lowest BCUT2D eigenvalue weighted by molar-refractivity contribution is 0.753. The molecule has 2 aromatic rings. The van der Waals surface area contributed by atoms with E-state index in [9.17, 15) is 0 Å². The summed E-state index contributed by atoms with van der Waals surface area (Å²) in [5.74, 6) is 1.11. The number of aromatic nitrogens is 2. The Labute approximate surface area is 102 Å². The van der Waals surface area contributed by atoms with Gasteiger partial charge in [0.2, 0.25) is 0 Å². The molecule has 0 unspecified atom stereocenters. The average molecular weight is 229 g/mol. The summed E-state index contributed by atoms with van der Waals surface area (Å²) in [4.78, 5) is 7.11. The zero-order chi connectivity index (χ0) is 11.8. The van der Waals surface area contributed by atoms with E-state index in [1.165, 1.54) is 37.1 Å². The van der Waals surface area contributed by atoms with Crippen LogP contribution in [-0.4, -0.2) is 22.6 Å². The summed E-state index contributed by atoms with van der Waals surface area (Å²) in [5, 5.41) is 0. The van der Waals surface area contributed by atoms with Gasteiger partial charge >= 0.3 is 0 Å². The third-order valence-electron chi connectivity index (χ3n) is 3.71. The van der Waals surface area contributed by atoms with Crippen LogP contribution in [0.5, 0.6) is 0 Å². The van der Waals surface area contributed by atoms with Gasteiger partial charge in [0.25, 0.3) is 0 Å². The van der Waals surface area contributed by atoms with Crippen molar-refractivity contribution in [3.63, 3.8) is 0 Å². The molecule has 3 nitrogen and oxygen atoms in total. The highest BCUT2D eigenvalue weighted by Gasteiger charge is 2.14. The second-order valence-corrected chi connectivity index (χ2v) is 4.77. The summed E-state index contributed by atoms with van der Waals surface area (Å²) >= 11 is 0. The SMILES string of the molecule is CCn1c(C)nc2cc(N3CCCC3)ccc21. The molecule has 0 bridgehead atoms. The Bertz CT molecular complexity index is 536. The maximum Gasteiger partial charge on any atom is 0.106 e. The molecule has 0 spiro atoms. The topological polar surface area (TPSA) is 21.1 Å². The van der Waals surface area contributed by atoms with Gasteiger partial charge in [-0.15, -0.1) is 0 Å². The number of fused-ring (bicyclic) bond motifs is 1. The minimum Gasteiger partial charge on any atom is -0.371 e. The molecule has 2 heterocycles. The molecule has 0 N–H and O–H groups in total. The molecule has 1 aromatic carbocycles. The Morgan fingerprint density at radius 3 is 2.71 bits per heavy atom. The first-order chi connectivity index (χ1) is 8.29. The van der Waals surface area contributed by atoms with Crippen molar-refractivity contribution in [2.24, 2.45) is 0 Å². The number of hydrogen-bond donors (Lipinski definition) is 0. The van der Waals surface area contributed by atoms with Crippen molar-refractivity contribution in [1.29, 1.82) is 0 Å². The summed E-state index contributed by atoms with van der Waals surface area (Å²) in [6, 6.07) is 6.69. The minimum atomic E-state index is 0.991. The lowest BCUT2D eigenvalue weighted by Crippen LogP contribution is -2.17. The van der Waals surface area contributed by atoms with Gasteiger partial charge in [-0.25, -0.2) is 4.98 Å². The Hall–Kier alpha value is -1.51. The van der Waals surface area contributed by atoms with Gasteiger partial charge in [-0.05, 0) is 44.9 Å². The average Bonchev–Trinajstić information content (AvgIpc) is 2.93. The Balaban J connectivity index is 2.07. The molecule has 0 atom stereocenters. The van der Waals surface area contributed by atoms with Gasteiger partial charge in [0.15, 0.2) is 0 Å². The van der Waals surface area contributed by atoms with Crippen LogP contribution < -0.4 is 4.90 Å². The number of rotatable bonds is 2. The molecule has 1 saturated heterocycles. The zero-order valence-electron chi connectivity index (χ0n) is 10.6. The molecule has 0 radical (unpaired) electrons. The van der Waals surface area contributed by atoms with Gasteiger partial charge in [-0.1, -0.05) is 0 Å². The van der Waals surface area contributed by atoms with Crippen molar-refractivity contribution in [3.05, 3.63) is 24.0 Å². The lowest BCUT2D eigenvalue weighted by atomic mass is 10.2. The van der Waals surface area contributed by atoms with Gasteiger partial charge in [-0.2, -0.15) is 0 Å². The van der Waals surface area contributed by atoms with Crippen LogP contribution in [0.1, 0.15) is 25.6 Å².